The molecule has 5 aromatic rings. The molecule has 1 aliphatic heterocycles. The third-order valence-corrected chi connectivity index (χ3v) is 21.5. The highest BCUT2D eigenvalue weighted by molar-refractivity contribution is 7.59. The summed E-state index contributed by atoms with van der Waals surface area (Å²) in [6.07, 6.45) is 18.7. The van der Waals surface area contributed by atoms with Crippen LogP contribution in [0.1, 0.15) is 153 Å². The van der Waals surface area contributed by atoms with Gasteiger partial charge in [0.05, 0.1) is 57.4 Å². The number of aromatic hydroxyl groups is 1. The van der Waals surface area contributed by atoms with Gasteiger partial charge < -0.3 is 44.2 Å². The number of ether oxygens (including phenoxy) is 3. The highest BCUT2D eigenvalue weighted by atomic mass is 32.2. The first kappa shape index (κ1) is 69.2. The molecule has 94 heavy (non-hydrogen) atoms. The van der Waals surface area contributed by atoms with Crippen LogP contribution in [0, 0.1) is 58.5 Å². The number of nitrogens with zero attached hydrogens (tertiary/aromatic N) is 3. The summed E-state index contributed by atoms with van der Waals surface area (Å²) >= 11 is 0. The van der Waals surface area contributed by atoms with Gasteiger partial charge in [0.15, 0.2) is 5.43 Å². The molecule has 7 aliphatic carbocycles. The number of aromatic nitrogens is 3. The Morgan fingerprint density at radius 2 is 1.29 bits per heavy atom. The Hall–Kier alpha value is -7.60. The number of fused-ring (bicyclic) bond motifs is 12. The summed E-state index contributed by atoms with van der Waals surface area (Å²) in [6.45, 7) is 7.23. The fraction of sp³-hybridized carbons (Fsp3) is 0.486. The lowest BCUT2D eigenvalue weighted by atomic mass is 9.53. The van der Waals surface area contributed by atoms with Gasteiger partial charge in [0.1, 0.15) is 45.6 Å². The van der Waals surface area contributed by atoms with Crippen molar-refractivity contribution in [3.05, 3.63) is 158 Å². The second-order valence-electron chi connectivity index (χ2n) is 26.1. The molecule has 8 aliphatic rings. The van der Waals surface area contributed by atoms with Gasteiger partial charge in [-0.1, -0.05) is 49.2 Å². The molecular weight excluding hydrogens is 1260 g/mol. The molecule has 0 radical (unpaired) electrons. The maximum atomic E-state index is 14.0. The molecule has 4 aromatic carbocycles. The van der Waals surface area contributed by atoms with E-state index in [9.17, 15) is 43.9 Å². The zero-order valence-electron chi connectivity index (χ0n) is 52.3. The molecule has 11 atom stereocenters. The molecule has 2 heterocycles. The van der Waals surface area contributed by atoms with Crippen LogP contribution in [0.2, 0.25) is 0 Å². The Bertz CT molecular complexity index is 4200. The maximum absolute atomic E-state index is 14.0. The summed E-state index contributed by atoms with van der Waals surface area (Å²) in [7, 11) is -6.22. The Kier molecular flexibility index (Phi) is 21.5. The number of aliphatic hydroxyl groups is 3. The smallest absolute Gasteiger partial charge is 0.425 e. The number of hydrogen-bond acceptors (Lipinski definition) is 18. The zero-order chi connectivity index (χ0) is 67.3. The number of carbonyl (C=O) groups is 1. The van der Waals surface area contributed by atoms with E-state index < -0.39 is 44.5 Å². The Morgan fingerprint density at radius 1 is 0.713 bits per heavy atom. The summed E-state index contributed by atoms with van der Waals surface area (Å²) in [5, 5.41) is 63.8. The zero-order valence-corrected chi connectivity index (χ0v) is 53.9. The molecule has 20 nitrogen and oxygen atoms in total. The van der Waals surface area contributed by atoms with Crippen molar-refractivity contribution in [3.63, 3.8) is 0 Å². The summed E-state index contributed by atoms with van der Waals surface area (Å²) in [5.41, 5.74) is 5.07. The van der Waals surface area contributed by atoms with Crippen molar-refractivity contribution in [1.82, 2.24) is 15.0 Å². The molecule has 24 heteroatoms. The molecule has 0 spiro atoms. The van der Waals surface area contributed by atoms with Gasteiger partial charge in [-0.25, -0.2) is 18.3 Å². The summed E-state index contributed by atoms with van der Waals surface area (Å²) in [5.74, 6) is 4.30. The standard InChI is InChI=1S/C50H54FN3O10.C20H23FO.2O3S/c1-49-16-14-36-35-11-6-32(51)25-30(35)4-9-37(36)42(49)15-17-50(49,60)46-29-54(53-52-46)18-20-62-22-24-63-23-21-61-19-2-3-43(57)31-5-10-38(41(26-31)48(58)59)47-39-12-7-33(55)27-44(39)64-45-28-34(56)8-13-40(45)47;1-3-20(22)11-9-18-17-6-4-13-12-14(21)5-7-15(13)16(17)8-10-19(18,20)2;2*1-4(2)3/h5-8,10-13,25-29,36-37,42-43,55,57,60H,2-4,9,14-24H2,1H3,(H,58,59);1,5,7,12,16-18,22H,4,6,8-11H2,2H3;;/t36?,37?,42?,43?,49-,50?;16?,17?,18?,19-,20?;;/m00../s1. The van der Waals surface area contributed by atoms with Gasteiger partial charge in [-0.15, -0.1) is 36.8 Å². The van der Waals surface area contributed by atoms with Crippen molar-refractivity contribution >= 4 is 38.2 Å². The predicted octanol–water partition coefficient (Wildman–Crippen LogP) is 10.0. The van der Waals surface area contributed by atoms with E-state index in [4.69, 9.17) is 50.3 Å². The minimum atomic E-state index is -3.11. The fourth-order valence-corrected chi connectivity index (χ4v) is 16.9. The number of rotatable bonds is 17. The molecule has 0 amide bonds. The van der Waals surface area contributed by atoms with Crippen molar-refractivity contribution < 1.29 is 83.0 Å². The lowest BCUT2D eigenvalue weighted by Gasteiger charge is -2.52. The Morgan fingerprint density at radius 3 is 1.90 bits per heavy atom. The van der Waals surface area contributed by atoms with E-state index in [2.05, 4.69) is 30.1 Å². The molecule has 4 saturated carbocycles. The molecule has 0 saturated heterocycles. The number of aliphatic hydroxyl groups excluding tert-OH is 1. The lowest BCUT2D eigenvalue weighted by molar-refractivity contribution is -0.111. The normalized spacial score (nSPS) is 26.4. The van der Waals surface area contributed by atoms with Crippen LogP contribution in [0.5, 0.6) is 5.75 Å². The number of carboxylic acids is 1. The second kappa shape index (κ2) is 29.2. The van der Waals surface area contributed by atoms with Gasteiger partial charge in [0.2, 0.25) is 0 Å². The number of terminal acetylenes is 1. The first-order valence-corrected chi connectivity index (χ1v) is 33.8. The van der Waals surface area contributed by atoms with Gasteiger partial charge in [0, 0.05) is 46.1 Å². The molecule has 5 N–H and O–H groups in total. The lowest BCUT2D eigenvalue weighted by Crippen LogP contribution is -2.50. The molecular formula is C70H77F2N3O17S2. The second-order valence-corrected chi connectivity index (χ2v) is 26.9. The fourth-order valence-electron chi connectivity index (χ4n) is 16.9. The largest absolute Gasteiger partial charge is 0.508 e. The quantitative estimate of drug-likeness (QED) is 0.0321. The minimum Gasteiger partial charge on any atom is -0.508 e. The molecule has 9 unspecified atom stereocenters. The highest BCUT2D eigenvalue weighted by Crippen LogP contribution is 2.67. The average molecular weight is 1330 g/mol. The molecule has 13 rings (SSSR count). The average Bonchev–Trinajstić information content (AvgIpc) is 1.51. The van der Waals surface area contributed by atoms with E-state index >= 15 is 0 Å². The van der Waals surface area contributed by atoms with Crippen LogP contribution < -0.4 is 5.43 Å². The molecule has 4 fully saturated rings. The van der Waals surface area contributed by atoms with Crippen LogP contribution in [0.4, 0.5) is 8.78 Å². The maximum Gasteiger partial charge on any atom is 0.425 e. The third-order valence-electron chi connectivity index (χ3n) is 21.5. The van der Waals surface area contributed by atoms with E-state index in [0.717, 1.165) is 76.2 Å². The number of phenols is 1. The number of carboxylic acid groups (broad SMARTS) is 1. The first-order valence-electron chi connectivity index (χ1n) is 31.8. The Labute approximate surface area is 545 Å². The third kappa shape index (κ3) is 14.3. The van der Waals surface area contributed by atoms with E-state index in [-0.39, 0.29) is 45.0 Å². The van der Waals surface area contributed by atoms with Crippen molar-refractivity contribution in [1.29, 1.82) is 0 Å². The van der Waals surface area contributed by atoms with E-state index in [0.29, 0.717) is 140 Å². The van der Waals surface area contributed by atoms with Crippen molar-refractivity contribution in [3.8, 4) is 40.5 Å². The van der Waals surface area contributed by atoms with E-state index in [1.54, 1.807) is 53.2 Å². The van der Waals surface area contributed by atoms with Gasteiger partial charge in [0.25, 0.3) is 0 Å². The number of benzene rings is 5. The summed E-state index contributed by atoms with van der Waals surface area (Å²) < 4.78 is 103. The summed E-state index contributed by atoms with van der Waals surface area (Å²) in [4.78, 5) is 24.7. The van der Waals surface area contributed by atoms with Crippen LogP contribution in [0.15, 0.2) is 106 Å². The van der Waals surface area contributed by atoms with E-state index in [1.165, 1.54) is 47.0 Å². The Balaban J connectivity index is 0.000000263. The molecule has 500 valence electrons. The van der Waals surface area contributed by atoms with Crippen LogP contribution in [0.3, 0.4) is 0 Å². The van der Waals surface area contributed by atoms with Gasteiger partial charge in [-0.05, 0) is 213 Å². The topological polar surface area (TPSA) is 309 Å². The predicted molar refractivity (Wildman–Crippen MR) is 339 cm³/mol. The van der Waals surface area contributed by atoms with E-state index in [1.807, 2.05) is 18.3 Å². The van der Waals surface area contributed by atoms with Crippen LogP contribution >= 0.6 is 0 Å². The van der Waals surface area contributed by atoms with Crippen LogP contribution in [-0.4, -0.2) is 117 Å². The SMILES string of the molecule is C#CC1(O)CCC2C3CCc4cc(F)ccc4C3CC[C@@]21C.C[C@]12CCC3c4ccc(F)cc4CCC3C1CCC2(O)c1cn(CCOCCOCCOCCCC(O)c2ccc(-c3c4ccc(=O)cc-4oc4cc(O)ccc34)c(C(=O)O)c2)nn1.O=S(=O)=O.O=S(=O)=O. The van der Waals surface area contributed by atoms with Crippen molar-refractivity contribution in [2.24, 2.45) is 34.5 Å². The number of aromatic carboxylic acids is 1. The number of phenolic OH excluding ortho intramolecular Hbond substituents is 1. The minimum absolute atomic E-state index is 0.0216. The summed E-state index contributed by atoms with van der Waals surface area (Å²) in [6, 6.07) is 24.3. The van der Waals surface area contributed by atoms with Gasteiger partial charge in [-0.2, -0.15) is 0 Å². The van der Waals surface area contributed by atoms with Crippen LogP contribution in [-0.2, 0) is 60.4 Å². The van der Waals surface area contributed by atoms with Crippen LogP contribution in [0.25, 0.3) is 33.4 Å². The monoisotopic (exact) mass is 1330 g/mol. The number of aryl methyl sites for hydroxylation is 2. The first-order chi connectivity index (χ1) is 44.9. The molecule has 0 bridgehead atoms. The van der Waals surface area contributed by atoms with Crippen molar-refractivity contribution in [2.75, 3.05) is 39.6 Å². The van der Waals surface area contributed by atoms with Gasteiger partial charge >= 0.3 is 27.2 Å². The van der Waals surface area contributed by atoms with Crippen molar-refractivity contribution in [2.45, 2.75) is 139 Å². The van der Waals surface area contributed by atoms with Gasteiger partial charge in [-0.3, -0.25) is 4.79 Å². The number of halogens is 2. The number of hydrogen-bond donors (Lipinski definition) is 5. The molecule has 1 aromatic heterocycles. The highest BCUT2D eigenvalue weighted by Gasteiger charge is 2.64.